The normalized spacial score (nSPS) is 18.9. The Labute approximate surface area is 248 Å². The van der Waals surface area contributed by atoms with Gasteiger partial charge in [0.15, 0.2) is 5.75 Å². The summed E-state index contributed by atoms with van der Waals surface area (Å²) in [4.78, 5) is 25.0. The van der Waals surface area contributed by atoms with Crippen molar-refractivity contribution >= 4 is 11.8 Å². The Kier molecular flexibility index (Phi) is 8.96. The lowest BCUT2D eigenvalue weighted by Crippen LogP contribution is -2.64. The van der Waals surface area contributed by atoms with E-state index in [1.54, 1.807) is 0 Å². The predicted molar refractivity (Wildman–Crippen MR) is 137 cm³/mol. The maximum absolute atomic E-state index is 13.5. The van der Waals surface area contributed by atoms with Crippen LogP contribution in [-0.2, 0) is 31.4 Å². The summed E-state index contributed by atoms with van der Waals surface area (Å²) >= 11 is 0. The number of aliphatic hydroxyl groups is 1. The molecule has 18 heteroatoms. The van der Waals surface area contributed by atoms with Crippen molar-refractivity contribution in [1.29, 1.82) is 0 Å². The Morgan fingerprint density at radius 3 is 2.16 bits per heavy atom. The van der Waals surface area contributed by atoms with E-state index in [0.29, 0.717) is 23.1 Å². The molecule has 0 aliphatic carbocycles. The van der Waals surface area contributed by atoms with Crippen LogP contribution in [0.3, 0.4) is 0 Å². The lowest BCUT2D eigenvalue weighted by Gasteiger charge is -2.47. The standard InChI is InChI=1S/C27H24F9N5O4/c1-2-24(37)16(11-17-19(41(24)23(43)44)3-4-21(39-17)27(34,35)36)22-38-12-20(45-6-5-42)18(40-22)9-13-7-14(25(28,29)30)10-15(8-13)26(31,32)33/h3-4,7-8,10,12,16,42H,2,5-6,9,11,37H2,1H3,(H,43,44). The zero-order chi connectivity index (χ0) is 33.5. The van der Waals surface area contributed by atoms with Crippen LogP contribution in [0.4, 0.5) is 50.0 Å². The highest BCUT2D eigenvalue weighted by molar-refractivity contribution is 5.89. The minimum absolute atomic E-state index is 0.0513. The molecule has 2 unspecified atom stereocenters. The number of halogens is 9. The molecule has 2 aromatic heterocycles. The van der Waals surface area contributed by atoms with Gasteiger partial charge in [0.2, 0.25) is 0 Å². The molecule has 4 rings (SSSR count). The number of carbonyl (C=O) groups is 1. The lowest BCUT2D eigenvalue weighted by molar-refractivity contribution is -0.143. The molecule has 3 aromatic rings. The third kappa shape index (κ3) is 6.90. The number of alkyl halides is 9. The number of pyridine rings is 1. The molecule has 2 atom stereocenters. The van der Waals surface area contributed by atoms with Gasteiger partial charge in [-0.2, -0.15) is 39.5 Å². The molecule has 0 radical (unpaired) electrons. The zero-order valence-electron chi connectivity index (χ0n) is 23.1. The Morgan fingerprint density at radius 2 is 1.64 bits per heavy atom. The highest BCUT2D eigenvalue weighted by Crippen LogP contribution is 2.45. The van der Waals surface area contributed by atoms with Crippen LogP contribution in [0.2, 0.25) is 0 Å². The third-order valence-corrected chi connectivity index (χ3v) is 7.18. The molecule has 0 spiro atoms. The quantitative estimate of drug-likeness (QED) is 0.274. The second kappa shape index (κ2) is 12.0. The lowest BCUT2D eigenvalue weighted by atomic mass is 9.80. The van der Waals surface area contributed by atoms with Crippen molar-refractivity contribution < 1.29 is 59.3 Å². The number of fused-ring (bicyclic) bond motifs is 1. The van der Waals surface area contributed by atoms with Gasteiger partial charge < -0.3 is 20.7 Å². The van der Waals surface area contributed by atoms with Crippen LogP contribution >= 0.6 is 0 Å². The van der Waals surface area contributed by atoms with Crippen LogP contribution in [-0.4, -0.2) is 50.1 Å². The van der Waals surface area contributed by atoms with E-state index in [-0.39, 0.29) is 47.7 Å². The van der Waals surface area contributed by atoms with E-state index in [2.05, 4.69) is 15.0 Å². The average Bonchev–Trinajstić information content (AvgIpc) is 2.94. The monoisotopic (exact) mass is 653 g/mol. The fourth-order valence-corrected chi connectivity index (χ4v) is 5.06. The number of benzene rings is 1. The fourth-order valence-electron chi connectivity index (χ4n) is 5.06. The van der Waals surface area contributed by atoms with Crippen LogP contribution in [0.15, 0.2) is 36.5 Å². The highest BCUT2D eigenvalue weighted by atomic mass is 19.4. The van der Waals surface area contributed by atoms with Crippen molar-refractivity contribution in [1.82, 2.24) is 15.0 Å². The summed E-state index contributed by atoms with van der Waals surface area (Å²) in [5.41, 5.74) is -1.07. The molecule has 4 N–H and O–H groups in total. The van der Waals surface area contributed by atoms with Gasteiger partial charge in [0.25, 0.3) is 0 Å². The first-order valence-corrected chi connectivity index (χ1v) is 13.1. The van der Waals surface area contributed by atoms with Crippen molar-refractivity contribution in [3.8, 4) is 5.75 Å². The summed E-state index contributed by atoms with van der Waals surface area (Å²) in [6.07, 6.45) is -17.0. The molecular weight excluding hydrogens is 629 g/mol. The predicted octanol–water partition coefficient (Wildman–Crippen LogP) is 5.78. The molecule has 0 saturated carbocycles. The van der Waals surface area contributed by atoms with E-state index >= 15 is 0 Å². The Bertz CT molecular complexity index is 1550. The van der Waals surface area contributed by atoms with E-state index in [0.717, 1.165) is 12.3 Å². The van der Waals surface area contributed by atoms with E-state index in [9.17, 15) is 54.5 Å². The number of ether oxygens (including phenoxy) is 1. The molecule has 9 nitrogen and oxygen atoms in total. The number of hydrogen-bond donors (Lipinski definition) is 3. The number of rotatable bonds is 7. The van der Waals surface area contributed by atoms with Gasteiger partial charge in [0.05, 0.1) is 46.9 Å². The SMILES string of the molecule is CCC1(N)C(c2ncc(OCCO)c(Cc3cc(C(F)(F)F)cc(C(F)(F)F)c3)n2)Cc2nc(C(F)(F)F)ccc2N1C(=O)O. The first-order chi connectivity index (χ1) is 20.8. The number of nitrogens with two attached hydrogens (primary N) is 1. The van der Waals surface area contributed by atoms with Crippen molar-refractivity contribution in [2.45, 2.75) is 56.3 Å². The van der Waals surface area contributed by atoms with Gasteiger partial charge in [-0.1, -0.05) is 6.92 Å². The van der Waals surface area contributed by atoms with Gasteiger partial charge in [0, 0.05) is 12.8 Å². The van der Waals surface area contributed by atoms with Crippen LogP contribution in [0.25, 0.3) is 0 Å². The minimum atomic E-state index is -5.14. The maximum atomic E-state index is 13.5. The van der Waals surface area contributed by atoms with Crippen molar-refractivity contribution in [2.24, 2.45) is 5.73 Å². The minimum Gasteiger partial charge on any atom is -0.488 e. The smallest absolute Gasteiger partial charge is 0.433 e. The van der Waals surface area contributed by atoms with Gasteiger partial charge in [0.1, 0.15) is 23.8 Å². The second-order valence-electron chi connectivity index (χ2n) is 10.1. The molecule has 1 aliphatic heterocycles. The Balaban J connectivity index is 1.88. The molecule has 244 valence electrons. The van der Waals surface area contributed by atoms with Crippen molar-refractivity contribution in [3.63, 3.8) is 0 Å². The number of aromatic nitrogens is 3. The average molecular weight is 654 g/mol. The Hall–Kier alpha value is -4.19. The van der Waals surface area contributed by atoms with E-state index < -0.39 is 78.0 Å². The topological polar surface area (TPSA) is 135 Å². The highest BCUT2D eigenvalue weighted by Gasteiger charge is 2.50. The molecular formula is C27H24F9N5O4. The molecule has 0 saturated heterocycles. The van der Waals surface area contributed by atoms with Gasteiger partial charge in [-0.3, -0.25) is 4.90 Å². The number of nitrogens with zero attached hydrogens (tertiary/aromatic N) is 4. The number of hydrogen-bond acceptors (Lipinski definition) is 7. The molecule has 0 bridgehead atoms. The van der Waals surface area contributed by atoms with Gasteiger partial charge in [-0.15, -0.1) is 0 Å². The number of amides is 1. The summed E-state index contributed by atoms with van der Waals surface area (Å²) in [5.74, 6) is -1.81. The summed E-state index contributed by atoms with van der Waals surface area (Å²) < 4.78 is 127. The zero-order valence-corrected chi connectivity index (χ0v) is 23.1. The van der Waals surface area contributed by atoms with E-state index in [4.69, 9.17) is 10.5 Å². The van der Waals surface area contributed by atoms with Crippen LogP contribution in [0.5, 0.6) is 5.75 Å². The second-order valence-corrected chi connectivity index (χ2v) is 10.1. The number of anilines is 1. The van der Waals surface area contributed by atoms with E-state index in [1.807, 2.05) is 0 Å². The first kappa shape index (κ1) is 33.7. The van der Waals surface area contributed by atoms with Crippen molar-refractivity contribution in [2.75, 3.05) is 18.1 Å². The fraction of sp³-hybridized carbons (Fsp3) is 0.407. The number of carboxylic acid groups (broad SMARTS) is 1. The summed E-state index contributed by atoms with van der Waals surface area (Å²) in [6, 6.07) is 2.42. The molecule has 45 heavy (non-hydrogen) atoms. The van der Waals surface area contributed by atoms with Crippen LogP contribution in [0, 0.1) is 0 Å². The van der Waals surface area contributed by atoms with Crippen molar-refractivity contribution in [3.05, 3.63) is 76.1 Å². The first-order valence-electron chi connectivity index (χ1n) is 13.1. The summed E-state index contributed by atoms with van der Waals surface area (Å²) in [7, 11) is 0. The maximum Gasteiger partial charge on any atom is 0.433 e. The molecule has 1 amide bonds. The van der Waals surface area contributed by atoms with Crippen LogP contribution in [0.1, 0.15) is 58.9 Å². The molecule has 1 aromatic carbocycles. The van der Waals surface area contributed by atoms with Gasteiger partial charge >= 0.3 is 24.6 Å². The number of aliphatic hydroxyl groups excluding tert-OH is 1. The summed E-state index contributed by atoms with van der Waals surface area (Å²) in [6.45, 7) is 0.590. The largest absolute Gasteiger partial charge is 0.488 e. The van der Waals surface area contributed by atoms with Gasteiger partial charge in [-0.25, -0.2) is 19.7 Å². The van der Waals surface area contributed by atoms with Gasteiger partial charge in [-0.05, 0) is 42.3 Å². The molecule has 1 aliphatic rings. The summed E-state index contributed by atoms with van der Waals surface area (Å²) in [5, 5.41) is 19.2. The van der Waals surface area contributed by atoms with E-state index in [1.165, 1.54) is 6.92 Å². The Morgan fingerprint density at radius 1 is 1.02 bits per heavy atom. The molecule has 3 heterocycles. The van der Waals surface area contributed by atoms with Crippen LogP contribution < -0.4 is 15.4 Å². The third-order valence-electron chi connectivity index (χ3n) is 7.18. The molecule has 0 fully saturated rings.